The first-order valence-electron chi connectivity index (χ1n) is 6.36. The highest BCUT2D eigenvalue weighted by molar-refractivity contribution is 7.90. The number of nitrogens with zero attached hydrogens (tertiary/aromatic N) is 1. The van der Waals surface area contributed by atoms with Crippen molar-refractivity contribution in [3.63, 3.8) is 0 Å². The molecule has 2 aliphatic carbocycles. The van der Waals surface area contributed by atoms with Crippen molar-refractivity contribution in [2.24, 2.45) is 5.41 Å². The van der Waals surface area contributed by atoms with E-state index in [4.69, 9.17) is 23.2 Å². The summed E-state index contributed by atoms with van der Waals surface area (Å²) in [5, 5.41) is 0. The fourth-order valence-electron chi connectivity index (χ4n) is 2.51. The summed E-state index contributed by atoms with van der Waals surface area (Å²) < 4.78 is 21.8. The summed E-state index contributed by atoms with van der Waals surface area (Å²) in [7, 11) is -3.12. The average molecular weight is 328 g/mol. The number of amides is 1. The van der Waals surface area contributed by atoms with Crippen LogP contribution in [0.1, 0.15) is 33.1 Å². The van der Waals surface area contributed by atoms with Crippen LogP contribution in [0.5, 0.6) is 0 Å². The maximum atomic E-state index is 12.6. The maximum absolute atomic E-state index is 12.6. The Kier molecular flexibility index (Phi) is 3.64. The third-order valence-electron chi connectivity index (χ3n) is 3.92. The molecular weight excluding hydrogens is 309 g/mol. The predicted molar refractivity (Wildman–Crippen MR) is 76.2 cm³/mol. The molecule has 0 aromatic heterocycles. The number of sulfone groups is 1. The highest BCUT2D eigenvalue weighted by atomic mass is 35.5. The first-order valence-corrected chi connectivity index (χ1v) is 9.18. The molecule has 2 atom stereocenters. The summed E-state index contributed by atoms with van der Waals surface area (Å²) in [6, 6.07) is -0.192. The monoisotopic (exact) mass is 327 g/mol. The molecule has 4 nitrogen and oxygen atoms in total. The second-order valence-electron chi connectivity index (χ2n) is 6.10. The van der Waals surface area contributed by atoms with Crippen LogP contribution in [0.25, 0.3) is 0 Å². The summed E-state index contributed by atoms with van der Waals surface area (Å²) in [4.78, 5) is 14.3. The van der Waals surface area contributed by atoms with Crippen LogP contribution in [0.15, 0.2) is 0 Å². The van der Waals surface area contributed by atoms with Gasteiger partial charge in [0.25, 0.3) is 0 Å². The lowest BCUT2D eigenvalue weighted by Gasteiger charge is -2.32. The van der Waals surface area contributed by atoms with E-state index in [1.807, 2.05) is 0 Å². The molecule has 2 aliphatic rings. The number of halogens is 2. The second kappa shape index (κ2) is 4.50. The summed E-state index contributed by atoms with van der Waals surface area (Å²) in [5.74, 6) is -0.140. The number of alkyl halides is 2. The van der Waals surface area contributed by atoms with Crippen molar-refractivity contribution in [2.45, 2.75) is 49.5 Å². The smallest absolute Gasteiger partial charge is 0.232 e. The van der Waals surface area contributed by atoms with Crippen LogP contribution in [0.2, 0.25) is 0 Å². The largest absolute Gasteiger partial charge is 0.335 e. The zero-order valence-electron chi connectivity index (χ0n) is 11.3. The van der Waals surface area contributed by atoms with Crippen molar-refractivity contribution in [2.75, 3.05) is 12.0 Å². The van der Waals surface area contributed by atoms with Gasteiger partial charge in [-0.2, -0.15) is 0 Å². The molecule has 2 fully saturated rings. The third-order valence-corrected chi connectivity index (χ3v) is 6.11. The van der Waals surface area contributed by atoms with E-state index in [1.54, 1.807) is 18.7 Å². The van der Waals surface area contributed by atoms with Gasteiger partial charge in [0.1, 0.15) is 14.2 Å². The number of hydrogen-bond acceptors (Lipinski definition) is 3. The van der Waals surface area contributed by atoms with Crippen molar-refractivity contribution >= 4 is 38.9 Å². The van der Waals surface area contributed by atoms with Crippen LogP contribution >= 0.6 is 23.2 Å². The van der Waals surface area contributed by atoms with Gasteiger partial charge >= 0.3 is 0 Å². The SMILES string of the molecule is C[C@@H](CS(C)(=O)=O)N(C(=O)[C@]1(C)CC1(Cl)Cl)C1CC1. The van der Waals surface area contributed by atoms with Gasteiger partial charge in [0.2, 0.25) is 5.91 Å². The van der Waals surface area contributed by atoms with Gasteiger partial charge in [-0.05, 0) is 33.1 Å². The fraction of sp³-hybridized carbons (Fsp3) is 0.917. The van der Waals surface area contributed by atoms with Crippen molar-refractivity contribution in [1.82, 2.24) is 4.90 Å². The van der Waals surface area contributed by atoms with E-state index in [-0.39, 0.29) is 23.7 Å². The number of hydrogen-bond donors (Lipinski definition) is 0. The summed E-state index contributed by atoms with van der Waals surface area (Å²) in [6.07, 6.45) is 3.46. The van der Waals surface area contributed by atoms with Gasteiger partial charge in [-0.15, -0.1) is 23.2 Å². The molecule has 110 valence electrons. The summed E-state index contributed by atoms with van der Waals surface area (Å²) in [5.41, 5.74) is -0.773. The zero-order chi connectivity index (χ0) is 14.6. The lowest BCUT2D eigenvalue weighted by molar-refractivity contribution is -0.138. The quantitative estimate of drug-likeness (QED) is 0.725. The topological polar surface area (TPSA) is 54.5 Å². The summed E-state index contributed by atoms with van der Waals surface area (Å²) >= 11 is 12.1. The lowest BCUT2D eigenvalue weighted by Crippen LogP contribution is -2.47. The molecular formula is C12H19Cl2NO3S. The van der Waals surface area contributed by atoms with E-state index >= 15 is 0 Å². The van der Waals surface area contributed by atoms with Gasteiger partial charge < -0.3 is 4.90 Å². The number of carbonyl (C=O) groups excluding carboxylic acids is 1. The Morgan fingerprint density at radius 3 is 2.21 bits per heavy atom. The predicted octanol–water partition coefficient (Wildman–Crippen LogP) is 1.99. The first-order chi connectivity index (χ1) is 8.48. The normalized spacial score (nSPS) is 30.8. The van der Waals surface area contributed by atoms with Crippen molar-refractivity contribution in [3.8, 4) is 0 Å². The van der Waals surface area contributed by atoms with Crippen LogP contribution in [0.4, 0.5) is 0 Å². The molecule has 0 unspecified atom stereocenters. The van der Waals surface area contributed by atoms with Crippen LogP contribution < -0.4 is 0 Å². The summed E-state index contributed by atoms with van der Waals surface area (Å²) in [6.45, 7) is 3.52. The molecule has 7 heteroatoms. The van der Waals surface area contributed by atoms with Crippen molar-refractivity contribution < 1.29 is 13.2 Å². The lowest BCUT2D eigenvalue weighted by atomic mass is 10.1. The van der Waals surface area contributed by atoms with Gasteiger partial charge in [0.05, 0.1) is 11.2 Å². The third kappa shape index (κ3) is 3.03. The molecule has 0 heterocycles. The van der Waals surface area contributed by atoms with Crippen LogP contribution in [0, 0.1) is 5.41 Å². The van der Waals surface area contributed by atoms with E-state index in [0.717, 1.165) is 12.8 Å². The van der Waals surface area contributed by atoms with Gasteiger partial charge in [0, 0.05) is 18.3 Å². The molecule has 0 aliphatic heterocycles. The Morgan fingerprint density at radius 2 is 1.89 bits per heavy atom. The van der Waals surface area contributed by atoms with Gasteiger partial charge in [0.15, 0.2) is 0 Å². The number of carbonyl (C=O) groups is 1. The van der Waals surface area contributed by atoms with Gasteiger partial charge in [-0.3, -0.25) is 4.79 Å². The fourth-order valence-corrected chi connectivity index (χ4v) is 4.25. The van der Waals surface area contributed by atoms with Crippen LogP contribution in [-0.2, 0) is 14.6 Å². The minimum absolute atomic E-state index is 0.0249. The van der Waals surface area contributed by atoms with Crippen LogP contribution in [-0.4, -0.2) is 47.7 Å². The van der Waals surface area contributed by atoms with Gasteiger partial charge in [-0.25, -0.2) is 8.42 Å². The van der Waals surface area contributed by atoms with E-state index in [0.29, 0.717) is 6.42 Å². The van der Waals surface area contributed by atoms with Crippen molar-refractivity contribution in [3.05, 3.63) is 0 Å². The first kappa shape index (κ1) is 15.4. The Bertz CT molecular complexity index is 501. The Morgan fingerprint density at radius 1 is 1.42 bits per heavy atom. The molecule has 0 spiro atoms. The minimum atomic E-state index is -3.12. The Hall–Kier alpha value is -0.000000000000000111. The van der Waals surface area contributed by atoms with E-state index in [9.17, 15) is 13.2 Å². The molecule has 0 saturated heterocycles. The molecule has 19 heavy (non-hydrogen) atoms. The molecule has 0 radical (unpaired) electrons. The average Bonchev–Trinajstić information content (AvgIpc) is 3.04. The highest BCUT2D eigenvalue weighted by Gasteiger charge is 2.69. The molecule has 2 rings (SSSR count). The van der Waals surface area contributed by atoms with E-state index in [2.05, 4.69) is 0 Å². The van der Waals surface area contributed by atoms with Crippen LogP contribution in [0.3, 0.4) is 0 Å². The minimum Gasteiger partial charge on any atom is -0.335 e. The second-order valence-corrected chi connectivity index (χ2v) is 9.77. The highest BCUT2D eigenvalue weighted by Crippen LogP contribution is 2.65. The van der Waals surface area contributed by atoms with Crippen molar-refractivity contribution in [1.29, 1.82) is 0 Å². The Labute approximate surface area is 124 Å². The Balaban J connectivity index is 2.15. The number of rotatable bonds is 5. The molecule has 0 bridgehead atoms. The standard InChI is InChI=1S/C12H19Cl2NO3S/c1-8(6-19(3,17)18)15(9-4-5-9)10(16)11(2)7-12(11,13)14/h8-9H,4-7H2,1-3H3/t8-,11-/m0/s1. The molecule has 0 aromatic carbocycles. The molecule has 1 amide bonds. The maximum Gasteiger partial charge on any atom is 0.232 e. The van der Waals surface area contributed by atoms with E-state index < -0.39 is 19.6 Å². The van der Waals surface area contributed by atoms with E-state index in [1.165, 1.54) is 6.26 Å². The van der Waals surface area contributed by atoms with Gasteiger partial charge in [-0.1, -0.05) is 0 Å². The zero-order valence-corrected chi connectivity index (χ0v) is 13.6. The molecule has 2 saturated carbocycles. The molecule has 0 N–H and O–H groups in total. The molecule has 0 aromatic rings.